The number of rotatable bonds is 5. The SMILES string of the molecule is COc1nccn2c(C3CCNCC3)nc(Nc3ccc(C(=O)N4CCOCC4)cc3)c12. The second kappa shape index (κ2) is 9.13. The van der Waals surface area contributed by atoms with E-state index >= 15 is 0 Å². The van der Waals surface area contributed by atoms with Gasteiger partial charge in [-0.2, -0.15) is 0 Å². The molecule has 3 aromatic rings. The topological polar surface area (TPSA) is 93.0 Å². The zero-order chi connectivity index (χ0) is 21.9. The molecule has 1 amide bonds. The van der Waals surface area contributed by atoms with E-state index in [1.54, 1.807) is 13.3 Å². The van der Waals surface area contributed by atoms with E-state index in [1.807, 2.05) is 35.4 Å². The van der Waals surface area contributed by atoms with Crippen molar-refractivity contribution in [2.24, 2.45) is 0 Å². The Balaban J connectivity index is 1.42. The molecule has 0 atom stereocenters. The number of ether oxygens (including phenoxy) is 2. The van der Waals surface area contributed by atoms with Crippen molar-refractivity contribution in [1.29, 1.82) is 0 Å². The lowest BCUT2D eigenvalue weighted by Crippen LogP contribution is -2.40. The predicted molar refractivity (Wildman–Crippen MR) is 121 cm³/mol. The molecule has 2 aliphatic rings. The molecule has 4 heterocycles. The van der Waals surface area contributed by atoms with E-state index in [-0.39, 0.29) is 5.91 Å². The molecule has 9 nitrogen and oxygen atoms in total. The van der Waals surface area contributed by atoms with Crippen LogP contribution < -0.4 is 15.4 Å². The van der Waals surface area contributed by atoms with Crippen LogP contribution in [-0.2, 0) is 4.74 Å². The normalized spacial score (nSPS) is 17.5. The molecular formula is C23H28N6O3. The fourth-order valence-electron chi connectivity index (χ4n) is 4.42. The molecule has 2 fully saturated rings. The van der Waals surface area contributed by atoms with Gasteiger partial charge in [-0.15, -0.1) is 0 Å². The van der Waals surface area contributed by atoms with E-state index in [4.69, 9.17) is 14.5 Å². The maximum absolute atomic E-state index is 12.7. The van der Waals surface area contributed by atoms with Crippen molar-refractivity contribution in [2.75, 3.05) is 51.8 Å². The third-order valence-corrected chi connectivity index (χ3v) is 6.14. The summed E-state index contributed by atoms with van der Waals surface area (Å²) >= 11 is 0. The predicted octanol–water partition coefficient (Wildman–Crippen LogP) is 2.42. The minimum Gasteiger partial charge on any atom is -0.479 e. The van der Waals surface area contributed by atoms with Crippen molar-refractivity contribution in [3.05, 3.63) is 48.0 Å². The van der Waals surface area contributed by atoms with Gasteiger partial charge in [0.2, 0.25) is 5.88 Å². The monoisotopic (exact) mass is 436 g/mol. The van der Waals surface area contributed by atoms with Crippen molar-refractivity contribution in [3.8, 4) is 5.88 Å². The molecule has 2 N–H and O–H groups in total. The number of carbonyl (C=O) groups excluding carboxylic acids is 1. The highest BCUT2D eigenvalue weighted by Crippen LogP contribution is 2.33. The lowest BCUT2D eigenvalue weighted by molar-refractivity contribution is 0.0303. The zero-order valence-corrected chi connectivity index (χ0v) is 18.2. The molecule has 168 valence electrons. The van der Waals surface area contributed by atoms with Gasteiger partial charge in [-0.05, 0) is 50.2 Å². The number of nitrogens with one attached hydrogen (secondary N) is 2. The number of benzene rings is 1. The second-order valence-corrected chi connectivity index (χ2v) is 8.10. The third-order valence-electron chi connectivity index (χ3n) is 6.14. The van der Waals surface area contributed by atoms with Crippen LogP contribution in [0.1, 0.15) is 34.9 Å². The lowest BCUT2D eigenvalue weighted by atomic mass is 9.97. The Bertz CT molecular complexity index is 1090. The summed E-state index contributed by atoms with van der Waals surface area (Å²) in [4.78, 5) is 23.9. The number of amides is 1. The molecule has 9 heteroatoms. The lowest BCUT2D eigenvalue weighted by Gasteiger charge is -2.26. The van der Waals surface area contributed by atoms with E-state index in [0.29, 0.717) is 49.5 Å². The first kappa shape index (κ1) is 20.7. The number of anilines is 2. The maximum Gasteiger partial charge on any atom is 0.254 e. The molecular weight excluding hydrogens is 408 g/mol. The molecule has 0 bridgehead atoms. The minimum atomic E-state index is 0.0337. The fraction of sp³-hybridized carbons (Fsp3) is 0.435. The van der Waals surface area contributed by atoms with Gasteiger partial charge in [-0.25, -0.2) is 9.97 Å². The van der Waals surface area contributed by atoms with Gasteiger partial charge in [0.15, 0.2) is 11.3 Å². The molecule has 2 saturated heterocycles. The average molecular weight is 437 g/mol. The molecule has 1 aromatic carbocycles. The number of morpholine rings is 1. The number of piperidine rings is 1. The summed E-state index contributed by atoms with van der Waals surface area (Å²) in [6.07, 6.45) is 5.77. The summed E-state index contributed by atoms with van der Waals surface area (Å²) in [5.41, 5.74) is 2.34. The third kappa shape index (κ3) is 4.01. The zero-order valence-electron chi connectivity index (χ0n) is 18.2. The van der Waals surface area contributed by atoms with Crippen LogP contribution in [0.15, 0.2) is 36.7 Å². The number of methoxy groups -OCH3 is 1. The number of imidazole rings is 1. The second-order valence-electron chi connectivity index (χ2n) is 8.10. The smallest absolute Gasteiger partial charge is 0.254 e. The van der Waals surface area contributed by atoms with Crippen molar-refractivity contribution in [1.82, 2.24) is 24.6 Å². The van der Waals surface area contributed by atoms with Crippen LogP contribution in [0, 0.1) is 0 Å². The summed E-state index contributed by atoms with van der Waals surface area (Å²) in [6.45, 7) is 4.42. The summed E-state index contributed by atoms with van der Waals surface area (Å²) in [6, 6.07) is 7.51. The minimum absolute atomic E-state index is 0.0337. The van der Waals surface area contributed by atoms with Gasteiger partial charge in [0, 0.05) is 42.7 Å². The van der Waals surface area contributed by atoms with E-state index in [2.05, 4.69) is 20.0 Å². The van der Waals surface area contributed by atoms with Crippen LogP contribution in [0.25, 0.3) is 5.52 Å². The Hall–Kier alpha value is -3.17. The summed E-state index contributed by atoms with van der Waals surface area (Å²) in [5, 5.41) is 6.83. The molecule has 32 heavy (non-hydrogen) atoms. The Labute approximate surface area is 186 Å². The number of carbonyl (C=O) groups is 1. The number of hydrogen-bond donors (Lipinski definition) is 2. The van der Waals surface area contributed by atoms with Gasteiger partial charge in [0.05, 0.1) is 20.3 Å². The molecule has 0 spiro atoms. The molecule has 2 aromatic heterocycles. The highest BCUT2D eigenvalue weighted by atomic mass is 16.5. The summed E-state index contributed by atoms with van der Waals surface area (Å²) in [5.74, 6) is 2.66. The maximum atomic E-state index is 12.7. The first-order chi connectivity index (χ1) is 15.7. The van der Waals surface area contributed by atoms with E-state index in [0.717, 1.165) is 43.0 Å². The summed E-state index contributed by atoms with van der Waals surface area (Å²) in [7, 11) is 1.62. The quantitative estimate of drug-likeness (QED) is 0.635. The van der Waals surface area contributed by atoms with Crippen LogP contribution >= 0.6 is 0 Å². The van der Waals surface area contributed by atoms with Crippen LogP contribution in [0.5, 0.6) is 5.88 Å². The van der Waals surface area contributed by atoms with Gasteiger partial charge >= 0.3 is 0 Å². The molecule has 0 aliphatic carbocycles. The van der Waals surface area contributed by atoms with Crippen LogP contribution in [0.2, 0.25) is 0 Å². The average Bonchev–Trinajstić information content (AvgIpc) is 3.23. The van der Waals surface area contributed by atoms with E-state index in [1.165, 1.54) is 0 Å². The van der Waals surface area contributed by atoms with Crippen LogP contribution in [0.4, 0.5) is 11.5 Å². The van der Waals surface area contributed by atoms with Crippen molar-refractivity contribution in [2.45, 2.75) is 18.8 Å². The van der Waals surface area contributed by atoms with Gasteiger partial charge in [-0.3, -0.25) is 9.20 Å². The molecule has 2 aliphatic heterocycles. The highest BCUT2D eigenvalue weighted by Gasteiger charge is 2.24. The molecule has 0 radical (unpaired) electrons. The van der Waals surface area contributed by atoms with Crippen molar-refractivity contribution >= 4 is 22.9 Å². The Morgan fingerprint density at radius 2 is 1.94 bits per heavy atom. The molecule has 5 rings (SSSR count). The fourth-order valence-corrected chi connectivity index (χ4v) is 4.42. The number of aromatic nitrogens is 3. The van der Waals surface area contributed by atoms with E-state index in [9.17, 15) is 4.79 Å². The van der Waals surface area contributed by atoms with Crippen molar-refractivity contribution < 1.29 is 14.3 Å². The Morgan fingerprint density at radius 3 is 2.66 bits per heavy atom. The molecule has 0 saturated carbocycles. The van der Waals surface area contributed by atoms with Crippen molar-refractivity contribution in [3.63, 3.8) is 0 Å². The number of nitrogens with zero attached hydrogens (tertiary/aromatic N) is 4. The standard InChI is InChI=1S/C23H28N6O3/c1-31-22-19-20(27-21(29(19)11-10-25-22)16-6-8-24-9-7-16)26-18-4-2-17(3-5-18)23(30)28-12-14-32-15-13-28/h2-5,10-11,16,24,26H,6-9,12-15H2,1H3. The largest absolute Gasteiger partial charge is 0.479 e. The summed E-state index contributed by atoms with van der Waals surface area (Å²) < 4.78 is 13.0. The van der Waals surface area contributed by atoms with Gasteiger partial charge in [-0.1, -0.05) is 0 Å². The van der Waals surface area contributed by atoms with Gasteiger partial charge < -0.3 is 25.0 Å². The highest BCUT2D eigenvalue weighted by molar-refractivity contribution is 5.94. The Kier molecular flexibility index (Phi) is 5.91. The molecule has 0 unspecified atom stereocenters. The first-order valence-corrected chi connectivity index (χ1v) is 11.1. The van der Waals surface area contributed by atoms with E-state index < -0.39 is 0 Å². The first-order valence-electron chi connectivity index (χ1n) is 11.1. The number of hydrogen-bond acceptors (Lipinski definition) is 7. The number of fused-ring (bicyclic) bond motifs is 1. The van der Waals surface area contributed by atoms with Gasteiger partial charge in [0.1, 0.15) is 5.82 Å². The van der Waals surface area contributed by atoms with Gasteiger partial charge in [0.25, 0.3) is 5.91 Å². The van der Waals surface area contributed by atoms with Crippen LogP contribution in [-0.4, -0.2) is 71.7 Å². The Morgan fingerprint density at radius 1 is 1.19 bits per heavy atom. The van der Waals surface area contributed by atoms with Crippen LogP contribution in [0.3, 0.4) is 0 Å².